The topological polar surface area (TPSA) is 30.2 Å². The minimum Gasteiger partial charge on any atom is -0.233 e. The van der Waals surface area contributed by atoms with Gasteiger partial charge in [0.25, 0.3) is 0 Å². The van der Waals surface area contributed by atoms with Gasteiger partial charge in [-0.2, -0.15) is 5.10 Å². The average molecular weight is 234 g/mol. The van der Waals surface area contributed by atoms with E-state index in [2.05, 4.69) is 16.1 Å². The summed E-state index contributed by atoms with van der Waals surface area (Å²) in [5.41, 5.74) is 4.48. The maximum absolute atomic E-state index is 6.39. The molecule has 4 heteroatoms. The summed E-state index contributed by atoms with van der Waals surface area (Å²) in [6, 6.07) is 2.10. The van der Waals surface area contributed by atoms with E-state index in [-0.39, 0.29) is 0 Å². The second-order valence-corrected chi connectivity index (χ2v) is 5.15. The van der Waals surface area contributed by atoms with Gasteiger partial charge in [-0.3, -0.25) is 0 Å². The molecule has 1 fully saturated rings. The fraction of sp³-hybridized carbons (Fsp3) is 0.500. The fourth-order valence-corrected chi connectivity index (χ4v) is 2.86. The highest BCUT2D eigenvalue weighted by molar-refractivity contribution is 6.30. The van der Waals surface area contributed by atoms with Gasteiger partial charge < -0.3 is 0 Å². The second kappa shape index (κ2) is 2.98. The lowest BCUT2D eigenvalue weighted by Gasteiger charge is -2.03. The summed E-state index contributed by atoms with van der Waals surface area (Å²) in [6.45, 7) is 0. The van der Waals surface area contributed by atoms with Crippen LogP contribution in [0, 0.1) is 0 Å². The monoisotopic (exact) mass is 233 g/mol. The maximum Gasteiger partial charge on any atom is 0.157 e. The summed E-state index contributed by atoms with van der Waals surface area (Å²) in [5.74, 6) is 0.660. The zero-order valence-corrected chi connectivity index (χ0v) is 9.67. The van der Waals surface area contributed by atoms with Crippen molar-refractivity contribution >= 4 is 17.2 Å². The van der Waals surface area contributed by atoms with Crippen molar-refractivity contribution in [3.05, 3.63) is 28.2 Å². The van der Waals surface area contributed by atoms with E-state index in [9.17, 15) is 0 Å². The third-order valence-electron chi connectivity index (χ3n) is 3.58. The van der Waals surface area contributed by atoms with E-state index in [1.54, 1.807) is 0 Å². The number of hydrogen-bond acceptors (Lipinski definition) is 2. The number of halogens is 1. The van der Waals surface area contributed by atoms with Crippen molar-refractivity contribution in [2.75, 3.05) is 0 Å². The average Bonchev–Trinajstić information content (AvgIpc) is 2.87. The highest BCUT2D eigenvalue weighted by Gasteiger charge is 2.28. The Morgan fingerprint density at radius 2 is 2.19 bits per heavy atom. The lowest BCUT2D eigenvalue weighted by molar-refractivity contribution is 0.869. The molecule has 16 heavy (non-hydrogen) atoms. The first-order chi connectivity index (χ1) is 7.83. The Bertz CT molecular complexity index is 583. The predicted molar refractivity (Wildman–Crippen MR) is 62.0 cm³/mol. The standard InChI is InChI=1S/C12H12ClN3/c13-12-8-2-1-3-9(8)14-11-6-10(7-4-5-7)15-16(11)12/h6-7H,1-5H2. The Labute approximate surface area is 98.4 Å². The van der Waals surface area contributed by atoms with E-state index >= 15 is 0 Å². The lowest BCUT2D eigenvalue weighted by atomic mass is 10.2. The molecule has 0 aromatic carbocycles. The molecule has 2 aromatic rings. The van der Waals surface area contributed by atoms with Crippen LogP contribution in [0.4, 0.5) is 0 Å². The molecule has 3 nitrogen and oxygen atoms in total. The van der Waals surface area contributed by atoms with Crippen molar-refractivity contribution in [2.45, 2.75) is 38.0 Å². The largest absolute Gasteiger partial charge is 0.233 e. The molecule has 2 aliphatic rings. The van der Waals surface area contributed by atoms with E-state index < -0.39 is 0 Å². The molecule has 0 bridgehead atoms. The molecule has 0 unspecified atom stereocenters. The Hall–Kier alpha value is -1.09. The van der Waals surface area contributed by atoms with Gasteiger partial charge >= 0.3 is 0 Å². The Balaban J connectivity index is 2.00. The first-order valence-corrected chi connectivity index (χ1v) is 6.27. The zero-order chi connectivity index (χ0) is 10.7. The van der Waals surface area contributed by atoms with Gasteiger partial charge in [0.2, 0.25) is 0 Å². The summed E-state index contributed by atoms with van der Waals surface area (Å²) < 4.78 is 1.82. The summed E-state index contributed by atoms with van der Waals surface area (Å²) in [7, 11) is 0. The fourth-order valence-electron chi connectivity index (χ4n) is 2.53. The molecule has 0 saturated heterocycles. The molecule has 0 N–H and O–H groups in total. The number of aromatic nitrogens is 3. The highest BCUT2D eigenvalue weighted by Crippen LogP contribution is 2.40. The molecule has 2 aromatic heterocycles. The van der Waals surface area contributed by atoms with Gasteiger partial charge in [0.05, 0.1) is 5.69 Å². The van der Waals surface area contributed by atoms with Gasteiger partial charge in [0.15, 0.2) is 5.65 Å². The second-order valence-electron chi connectivity index (χ2n) is 4.79. The number of fused-ring (bicyclic) bond motifs is 2. The lowest BCUT2D eigenvalue weighted by Crippen LogP contribution is -1.99. The SMILES string of the molecule is Clc1c2c(nc3cc(C4CC4)nn13)CCC2. The van der Waals surface area contributed by atoms with Crippen LogP contribution in [-0.2, 0) is 12.8 Å². The summed E-state index contributed by atoms with van der Waals surface area (Å²) >= 11 is 6.39. The number of aryl methyl sites for hydroxylation is 1. The summed E-state index contributed by atoms with van der Waals surface area (Å²) in [6.07, 6.45) is 5.82. The van der Waals surface area contributed by atoms with Crippen LogP contribution in [0.1, 0.15) is 42.1 Å². The van der Waals surface area contributed by atoms with Crippen LogP contribution < -0.4 is 0 Å². The number of hydrogen-bond donors (Lipinski definition) is 0. The molecule has 0 spiro atoms. The molecule has 82 valence electrons. The molecule has 0 aliphatic heterocycles. The van der Waals surface area contributed by atoms with Gasteiger partial charge in [-0.1, -0.05) is 11.6 Å². The normalized spacial score (nSPS) is 19.3. The Morgan fingerprint density at radius 3 is 3.00 bits per heavy atom. The van der Waals surface area contributed by atoms with E-state index in [0.717, 1.165) is 29.3 Å². The van der Waals surface area contributed by atoms with Crippen molar-refractivity contribution in [3.63, 3.8) is 0 Å². The van der Waals surface area contributed by atoms with Crippen LogP contribution in [0.15, 0.2) is 6.07 Å². The Morgan fingerprint density at radius 1 is 1.31 bits per heavy atom. The molecule has 1 saturated carbocycles. The van der Waals surface area contributed by atoms with E-state index in [0.29, 0.717) is 5.92 Å². The van der Waals surface area contributed by atoms with Gasteiger partial charge in [-0.15, -0.1) is 0 Å². The molecule has 2 heterocycles. The number of nitrogens with zero attached hydrogens (tertiary/aromatic N) is 3. The van der Waals surface area contributed by atoms with Crippen molar-refractivity contribution < 1.29 is 0 Å². The van der Waals surface area contributed by atoms with Gasteiger partial charge in [0.1, 0.15) is 5.15 Å². The van der Waals surface area contributed by atoms with Gasteiger partial charge in [-0.25, -0.2) is 9.50 Å². The van der Waals surface area contributed by atoms with E-state index in [1.807, 2.05) is 4.52 Å². The van der Waals surface area contributed by atoms with Crippen LogP contribution in [-0.4, -0.2) is 14.6 Å². The minimum atomic E-state index is 0.660. The molecular formula is C12H12ClN3. The van der Waals surface area contributed by atoms with Crippen molar-refractivity contribution in [2.24, 2.45) is 0 Å². The van der Waals surface area contributed by atoms with Crippen LogP contribution in [0.3, 0.4) is 0 Å². The first-order valence-electron chi connectivity index (χ1n) is 5.90. The van der Waals surface area contributed by atoms with Crippen LogP contribution in [0.2, 0.25) is 5.15 Å². The highest BCUT2D eigenvalue weighted by atomic mass is 35.5. The van der Waals surface area contributed by atoms with E-state index in [4.69, 9.17) is 11.6 Å². The third kappa shape index (κ3) is 1.15. The van der Waals surface area contributed by atoms with Crippen molar-refractivity contribution in [1.29, 1.82) is 0 Å². The quantitative estimate of drug-likeness (QED) is 0.709. The summed E-state index contributed by atoms with van der Waals surface area (Å²) in [5, 5.41) is 5.36. The zero-order valence-electron chi connectivity index (χ0n) is 8.91. The van der Waals surface area contributed by atoms with Crippen LogP contribution in [0.5, 0.6) is 0 Å². The molecule has 0 radical (unpaired) electrons. The van der Waals surface area contributed by atoms with E-state index in [1.165, 1.54) is 30.5 Å². The molecular weight excluding hydrogens is 222 g/mol. The summed E-state index contributed by atoms with van der Waals surface area (Å²) in [4.78, 5) is 4.66. The van der Waals surface area contributed by atoms with Gasteiger partial charge in [0, 0.05) is 23.2 Å². The first kappa shape index (κ1) is 8.99. The van der Waals surface area contributed by atoms with Crippen LogP contribution in [0.25, 0.3) is 5.65 Å². The minimum absolute atomic E-state index is 0.660. The molecule has 0 amide bonds. The molecule has 2 aliphatic carbocycles. The number of rotatable bonds is 1. The third-order valence-corrected chi connectivity index (χ3v) is 3.97. The van der Waals surface area contributed by atoms with Crippen LogP contribution >= 0.6 is 11.6 Å². The molecule has 4 rings (SSSR count). The smallest absolute Gasteiger partial charge is 0.157 e. The van der Waals surface area contributed by atoms with Crippen molar-refractivity contribution in [3.8, 4) is 0 Å². The van der Waals surface area contributed by atoms with Crippen molar-refractivity contribution in [1.82, 2.24) is 14.6 Å². The van der Waals surface area contributed by atoms with Gasteiger partial charge in [-0.05, 0) is 32.1 Å². The maximum atomic E-state index is 6.39. The predicted octanol–water partition coefficient (Wildman–Crippen LogP) is 2.75. The molecule has 0 atom stereocenters. The Kier molecular flexibility index (Phi) is 1.67.